The molecule has 36 heavy (non-hydrogen) atoms. The summed E-state index contributed by atoms with van der Waals surface area (Å²) >= 11 is 0. The van der Waals surface area contributed by atoms with Gasteiger partial charge in [0.15, 0.2) is 0 Å². The van der Waals surface area contributed by atoms with Crippen molar-refractivity contribution in [3.63, 3.8) is 0 Å². The summed E-state index contributed by atoms with van der Waals surface area (Å²) in [6, 6.07) is 15.7. The van der Waals surface area contributed by atoms with Crippen molar-refractivity contribution in [2.75, 3.05) is 25.6 Å². The first-order chi connectivity index (χ1) is 17.5. The van der Waals surface area contributed by atoms with Gasteiger partial charge in [-0.2, -0.15) is 0 Å². The van der Waals surface area contributed by atoms with Crippen LogP contribution in [0.25, 0.3) is 0 Å². The minimum Gasteiger partial charge on any atom is -0.496 e. The van der Waals surface area contributed by atoms with Crippen LogP contribution in [0.15, 0.2) is 42.5 Å². The number of anilines is 1. The molecule has 2 aromatic rings. The second-order valence-corrected chi connectivity index (χ2v) is 10.4. The lowest BCUT2D eigenvalue weighted by Gasteiger charge is -2.45. The fraction of sp³-hybridized carbons (Fsp3) is 0.517. The topological polar surface area (TPSA) is 73.9 Å². The van der Waals surface area contributed by atoms with Crippen LogP contribution in [0.5, 0.6) is 5.75 Å². The monoisotopic (exact) mass is 490 g/mol. The van der Waals surface area contributed by atoms with Crippen molar-refractivity contribution >= 4 is 17.5 Å². The number of ether oxygens (including phenoxy) is 1. The number of benzene rings is 2. The molecule has 2 fully saturated rings. The van der Waals surface area contributed by atoms with Crippen LogP contribution in [-0.2, 0) is 22.6 Å². The van der Waals surface area contributed by atoms with Crippen molar-refractivity contribution in [3.8, 4) is 5.75 Å². The van der Waals surface area contributed by atoms with Crippen molar-refractivity contribution in [2.24, 2.45) is 0 Å². The summed E-state index contributed by atoms with van der Waals surface area (Å²) in [6.45, 7) is 3.92. The van der Waals surface area contributed by atoms with Crippen LogP contribution in [0, 0.1) is 0 Å². The largest absolute Gasteiger partial charge is 0.496 e. The highest BCUT2D eigenvalue weighted by Crippen LogP contribution is 2.37. The number of piperidine rings is 1. The number of hydrogen-bond donors (Lipinski definition) is 2. The second kappa shape index (κ2) is 10.6. The Balaban J connectivity index is 1.53. The highest BCUT2D eigenvalue weighted by Gasteiger charge is 2.38. The Bertz CT molecular complexity index is 1110. The molecule has 0 spiro atoms. The summed E-state index contributed by atoms with van der Waals surface area (Å²) in [5.74, 6) is 1.15. The Kier molecular flexibility index (Phi) is 7.30. The molecular weight excluding hydrogens is 452 g/mol. The number of hydrogen-bond acceptors (Lipinski definition) is 5. The van der Waals surface area contributed by atoms with E-state index in [0.717, 1.165) is 54.8 Å². The Morgan fingerprint density at radius 1 is 1.11 bits per heavy atom. The van der Waals surface area contributed by atoms with Crippen LogP contribution in [0.1, 0.15) is 61.8 Å². The van der Waals surface area contributed by atoms with E-state index >= 15 is 0 Å². The van der Waals surface area contributed by atoms with Crippen LogP contribution in [-0.4, -0.2) is 55.5 Å². The normalized spacial score (nSPS) is 25.0. The van der Waals surface area contributed by atoms with Gasteiger partial charge in [-0.05, 0) is 62.4 Å². The van der Waals surface area contributed by atoms with Gasteiger partial charge in [-0.15, -0.1) is 0 Å². The average Bonchev–Trinajstić information content (AvgIpc) is 3.35. The summed E-state index contributed by atoms with van der Waals surface area (Å²) in [7, 11) is 3.59. The molecule has 7 heteroatoms. The van der Waals surface area contributed by atoms with E-state index in [1.165, 1.54) is 5.56 Å². The molecule has 3 heterocycles. The van der Waals surface area contributed by atoms with Gasteiger partial charge in [0.05, 0.1) is 7.11 Å². The molecule has 2 saturated heterocycles. The van der Waals surface area contributed by atoms with Gasteiger partial charge in [-0.3, -0.25) is 14.5 Å². The number of nitrogens with one attached hydrogen (secondary N) is 2. The zero-order valence-corrected chi connectivity index (χ0v) is 21.6. The van der Waals surface area contributed by atoms with Crippen LogP contribution < -0.4 is 20.3 Å². The van der Waals surface area contributed by atoms with E-state index in [9.17, 15) is 9.59 Å². The molecule has 0 aromatic heterocycles. The van der Waals surface area contributed by atoms with Crippen LogP contribution >= 0.6 is 0 Å². The quantitative estimate of drug-likeness (QED) is 0.621. The summed E-state index contributed by atoms with van der Waals surface area (Å²) < 4.78 is 5.88. The van der Waals surface area contributed by atoms with Gasteiger partial charge in [-0.1, -0.05) is 30.3 Å². The molecule has 0 aliphatic carbocycles. The molecule has 0 radical (unpaired) electrons. The zero-order valence-electron chi connectivity index (χ0n) is 21.6. The van der Waals surface area contributed by atoms with Gasteiger partial charge in [0.2, 0.25) is 11.8 Å². The van der Waals surface area contributed by atoms with E-state index in [-0.39, 0.29) is 36.0 Å². The lowest BCUT2D eigenvalue weighted by atomic mass is 9.88. The minimum atomic E-state index is 0.115. The summed E-state index contributed by atoms with van der Waals surface area (Å²) in [4.78, 5) is 28.9. The summed E-state index contributed by atoms with van der Waals surface area (Å²) in [6.07, 6.45) is 4.89. The molecule has 5 rings (SSSR count). The third-order valence-electron chi connectivity index (χ3n) is 8.32. The average molecular weight is 491 g/mol. The second-order valence-electron chi connectivity index (χ2n) is 10.4. The SMILES string of the molecule is COc1cc2c(cc1CN(C(C)C1CCC(=O)N1)C1CCCNC1c1ccccc1)N(C)C(=O)CC2. The van der Waals surface area contributed by atoms with Crippen LogP contribution in [0.2, 0.25) is 0 Å². The van der Waals surface area contributed by atoms with Gasteiger partial charge in [0.1, 0.15) is 5.75 Å². The number of fused-ring (bicyclic) bond motifs is 1. The van der Waals surface area contributed by atoms with E-state index in [1.807, 2.05) is 7.05 Å². The van der Waals surface area contributed by atoms with Gasteiger partial charge < -0.3 is 20.3 Å². The Hall–Kier alpha value is -2.90. The Morgan fingerprint density at radius 3 is 2.64 bits per heavy atom. The first kappa shape index (κ1) is 24.8. The molecule has 0 bridgehead atoms. The fourth-order valence-electron chi connectivity index (χ4n) is 6.24. The number of carbonyl (C=O) groups excluding carboxylic acids is 2. The fourth-order valence-corrected chi connectivity index (χ4v) is 6.24. The lowest BCUT2D eigenvalue weighted by molar-refractivity contribution is -0.120. The number of amides is 2. The molecular formula is C29H38N4O3. The molecule has 2 aromatic carbocycles. The maximum atomic E-state index is 12.4. The maximum Gasteiger partial charge on any atom is 0.227 e. The molecule has 0 saturated carbocycles. The molecule has 2 N–H and O–H groups in total. The Labute approximate surface area is 214 Å². The van der Waals surface area contributed by atoms with Crippen molar-refractivity contribution in [1.29, 1.82) is 0 Å². The Morgan fingerprint density at radius 2 is 1.92 bits per heavy atom. The molecule has 4 unspecified atom stereocenters. The standard InChI is InChI=1S/C29H38N4O3/c1-19(23-12-13-27(34)31-23)33(24-10-7-15-30-29(24)20-8-5-4-6-9-20)18-22-16-25-21(17-26(22)36-3)11-14-28(35)32(25)2/h4-6,8-9,16-17,19,23-24,29-30H,7,10-15,18H2,1-3H3,(H,31,34). The predicted molar refractivity (Wildman–Crippen MR) is 141 cm³/mol. The van der Waals surface area contributed by atoms with Gasteiger partial charge in [-0.25, -0.2) is 0 Å². The van der Waals surface area contributed by atoms with Crippen LogP contribution in [0.3, 0.4) is 0 Å². The van der Waals surface area contributed by atoms with E-state index in [4.69, 9.17) is 4.74 Å². The number of aryl methyl sites for hydroxylation is 1. The first-order valence-electron chi connectivity index (χ1n) is 13.3. The first-order valence-corrected chi connectivity index (χ1v) is 13.3. The molecule has 4 atom stereocenters. The van der Waals surface area contributed by atoms with Crippen molar-refractivity contribution in [1.82, 2.24) is 15.5 Å². The zero-order chi connectivity index (χ0) is 25.2. The van der Waals surface area contributed by atoms with E-state index in [0.29, 0.717) is 19.4 Å². The van der Waals surface area contributed by atoms with Crippen LogP contribution in [0.4, 0.5) is 5.69 Å². The van der Waals surface area contributed by atoms with Gasteiger partial charge >= 0.3 is 0 Å². The van der Waals surface area contributed by atoms with E-state index in [2.05, 4.69) is 64.9 Å². The van der Waals surface area contributed by atoms with Crippen molar-refractivity contribution in [2.45, 2.75) is 76.2 Å². The van der Waals surface area contributed by atoms with Gasteiger partial charge in [0, 0.05) is 61.9 Å². The predicted octanol–water partition coefficient (Wildman–Crippen LogP) is 3.57. The van der Waals surface area contributed by atoms with Crippen molar-refractivity contribution in [3.05, 3.63) is 59.2 Å². The molecule has 3 aliphatic rings. The van der Waals surface area contributed by atoms with Gasteiger partial charge in [0.25, 0.3) is 0 Å². The number of nitrogens with zero attached hydrogens (tertiary/aromatic N) is 2. The molecule has 7 nitrogen and oxygen atoms in total. The summed E-state index contributed by atoms with van der Waals surface area (Å²) in [5, 5.41) is 7.00. The highest BCUT2D eigenvalue weighted by atomic mass is 16.5. The molecule has 192 valence electrons. The highest BCUT2D eigenvalue weighted by molar-refractivity contribution is 5.96. The number of rotatable bonds is 7. The van der Waals surface area contributed by atoms with Crippen molar-refractivity contribution < 1.29 is 14.3 Å². The number of methoxy groups -OCH3 is 1. The lowest BCUT2D eigenvalue weighted by Crippen LogP contribution is -2.55. The van der Waals surface area contributed by atoms with E-state index in [1.54, 1.807) is 12.0 Å². The third kappa shape index (κ3) is 4.87. The smallest absolute Gasteiger partial charge is 0.227 e. The third-order valence-corrected chi connectivity index (χ3v) is 8.32. The molecule has 2 amide bonds. The molecule has 3 aliphatic heterocycles. The minimum absolute atomic E-state index is 0.115. The van der Waals surface area contributed by atoms with E-state index < -0.39 is 0 Å². The summed E-state index contributed by atoms with van der Waals surface area (Å²) in [5.41, 5.74) is 4.50. The maximum absolute atomic E-state index is 12.4. The number of carbonyl (C=O) groups is 2.